The van der Waals surface area contributed by atoms with E-state index in [2.05, 4.69) is 36.8 Å². The van der Waals surface area contributed by atoms with E-state index < -0.39 is 6.16 Å². The van der Waals surface area contributed by atoms with Gasteiger partial charge in [-0.3, -0.25) is 0 Å². The second-order valence-electron chi connectivity index (χ2n) is 4.03. The molecule has 0 fully saturated rings. The van der Waals surface area contributed by atoms with Crippen molar-refractivity contribution in [2.75, 3.05) is 13.7 Å². The molecule has 1 aromatic carbocycles. The summed E-state index contributed by atoms with van der Waals surface area (Å²) in [6.07, 6.45) is 1.21. The predicted molar refractivity (Wildman–Crippen MR) is 67.9 cm³/mol. The van der Waals surface area contributed by atoms with Gasteiger partial charge in [-0.1, -0.05) is 29.3 Å². The second-order valence-corrected chi connectivity index (χ2v) is 4.03. The van der Waals surface area contributed by atoms with Gasteiger partial charge in [0, 0.05) is 0 Å². The van der Waals surface area contributed by atoms with Gasteiger partial charge in [0.25, 0.3) is 0 Å². The number of aryl methyl sites for hydroxylation is 2. The number of hydrogen-bond acceptors (Lipinski definition) is 3. The molecule has 0 atom stereocenters. The molecule has 3 nitrogen and oxygen atoms in total. The van der Waals surface area contributed by atoms with Crippen molar-refractivity contribution in [1.82, 2.24) is 0 Å². The Morgan fingerprint density at radius 1 is 1.24 bits per heavy atom. The number of hydrogen-bond donors (Lipinski definition) is 0. The molecule has 1 aromatic rings. The van der Waals surface area contributed by atoms with Crippen LogP contribution in [-0.4, -0.2) is 19.9 Å². The Bertz CT molecular complexity index is 413. The van der Waals surface area contributed by atoms with Gasteiger partial charge in [-0.2, -0.15) is 0 Å². The molecule has 0 aliphatic rings. The van der Waals surface area contributed by atoms with Crippen molar-refractivity contribution >= 4 is 11.7 Å². The largest absolute Gasteiger partial charge is 0.508 e. The van der Waals surface area contributed by atoms with Gasteiger partial charge >= 0.3 is 6.16 Å². The lowest BCUT2D eigenvalue weighted by atomic mass is 10.0. The highest BCUT2D eigenvalue weighted by molar-refractivity contribution is 5.65. The summed E-state index contributed by atoms with van der Waals surface area (Å²) in [4.78, 5) is 10.8. The van der Waals surface area contributed by atoms with E-state index in [1.54, 1.807) is 0 Å². The average Bonchev–Trinajstić information content (AvgIpc) is 2.27. The van der Waals surface area contributed by atoms with Crippen molar-refractivity contribution in [2.24, 2.45) is 0 Å². The molecule has 0 spiro atoms. The van der Waals surface area contributed by atoms with Crippen molar-refractivity contribution in [2.45, 2.75) is 20.8 Å². The summed E-state index contributed by atoms with van der Waals surface area (Å²) < 4.78 is 9.19. The van der Waals surface area contributed by atoms with Crippen molar-refractivity contribution in [3.63, 3.8) is 0 Å². The van der Waals surface area contributed by atoms with Crippen molar-refractivity contribution in [1.29, 1.82) is 0 Å². The summed E-state index contributed by atoms with van der Waals surface area (Å²) in [7, 11) is 1.29. The van der Waals surface area contributed by atoms with Crippen LogP contribution in [0.15, 0.2) is 24.3 Å². The van der Waals surface area contributed by atoms with Crippen LogP contribution in [0.3, 0.4) is 0 Å². The summed E-state index contributed by atoms with van der Waals surface area (Å²) in [5, 5.41) is 0. The number of carbonyl (C=O) groups excluding carboxylic acids is 1. The van der Waals surface area contributed by atoms with Crippen LogP contribution in [0, 0.1) is 13.8 Å². The number of methoxy groups -OCH3 is 1. The molecule has 3 heteroatoms. The first kappa shape index (κ1) is 13.3. The highest BCUT2D eigenvalue weighted by Crippen LogP contribution is 2.17. The van der Waals surface area contributed by atoms with Gasteiger partial charge in [0.2, 0.25) is 0 Å². The number of allylic oxidation sites excluding steroid dienone is 1. The van der Waals surface area contributed by atoms with Gasteiger partial charge in [0.1, 0.15) is 6.61 Å². The molecule has 0 aliphatic carbocycles. The Hall–Kier alpha value is -1.77. The first-order chi connectivity index (χ1) is 8.02. The molecule has 92 valence electrons. The SMILES string of the molecule is COC(=O)OC/C=C(\C)c1cc(C)cc(C)c1. The van der Waals surface area contributed by atoms with Crippen LogP contribution in [0.1, 0.15) is 23.6 Å². The van der Waals surface area contributed by atoms with Gasteiger partial charge < -0.3 is 9.47 Å². The van der Waals surface area contributed by atoms with E-state index in [9.17, 15) is 4.79 Å². The smallest absolute Gasteiger partial charge is 0.438 e. The van der Waals surface area contributed by atoms with Crippen LogP contribution in [0.25, 0.3) is 5.57 Å². The fourth-order valence-electron chi connectivity index (χ4n) is 1.61. The van der Waals surface area contributed by atoms with Crippen molar-refractivity contribution in [3.05, 3.63) is 41.0 Å². The average molecular weight is 234 g/mol. The molecular formula is C14H18O3. The standard InChI is InChI=1S/C14H18O3/c1-10-7-11(2)9-13(8-10)12(3)5-6-17-14(15)16-4/h5,7-9H,6H2,1-4H3/b12-5+. The molecule has 17 heavy (non-hydrogen) atoms. The first-order valence-electron chi connectivity index (χ1n) is 5.49. The van der Waals surface area contributed by atoms with E-state index in [0.717, 1.165) is 11.1 Å². The highest BCUT2D eigenvalue weighted by Gasteiger charge is 2.00. The van der Waals surface area contributed by atoms with E-state index in [4.69, 9.17) is 4.74 Å². The Kier molecular flexibility index (Phi) is 4.76. The highest BCUT2D eigenvalue weighted by atomic mass is 16.7. The maximum absolute atomic E-state index is 10.8. The van der Waals surface area contributed by atoms with E-state index in [0.29, 0.717) is 0 Å². The summed E-state index contributed by atoms with van der Waals surface area (Å²) in [6, 6.07) is 6.34. The molecule has 1 rings (SSSR count). The molecule has 0 heterocycles. The summed E-state index contributed by atoms with van der Waals surface area (Å²) >= 11 is 0. The number of ether oxygens (including phenoxy) is 2. The summed E-state index contributed by atoms with van der Waals surface area (Å²) in [6.45, 7) is 6.35. The molecule has 0 bridgehead atoms. The Morgan fingerprint density at radius 3 is 2.35 bits per heavy atom. The Labute approximate surface area is 102 Å². The quantitative estimate of drug-likeness (QED) is 0.751. The van der Waals surface area contributed by atoms with Gasteiger partial charge in [-0.25, -0.2) is 4.79 Å². The van der Waals surface area contributed by atoms with Crippen LogP contribution < -0.4 is 0 Å². The number of benzene rings is 1. The lowest BCUT2D eigenvalue weighted by Gasteiger charge is -2.06. The fourth-order valence-corrected chi connectivity index (χ4v) is 1.61. The Morgan fingerprint density at radius 2 is 1.82 bits per heavy atom. The monoisotopic (exact) mass is 234 g/mol. The van der Waals surface area contributed by atoms with Crippen molar-refractivity contribution in [3.8, 4) is 0 Å². The number of rotatable bonds is 3. The van der Waals surface area contributed by atoms with E-state index in [-0.39, 0.29) is 6.61 Å². The third kappa shape index (κ3) is 4.31. The number of carbonyl (C=O) groups is 1. The molecular weight excluding hydrogens is 216 g/mol. The fraction of sp³-hybridized carbons (Fsp3) is 0.357. The van der Waals surface area contributed by atoms with Crippen LogP contribution in [0.5, 0.6) is 0 Å². The van der Waals surface area contributed by atoms with Gasteiger partial charge in [-0.05, 0) is 38.0 Å². The second kappa shape index (κ2) is 6.09. The zero-order chi connectivity index (χ0) is 12.8. The van der Waals surface area contributed by atoms with Crippen LogP contribution in [0.2, 0.25) is 0 Å². The van der Waals surface area contributed by atoms with Crippen LogP contribution in [0.4, 0.5) is 4.79 Å². The lowest BCUT2D eigenvalue weighted by molar-refractivity contribution is 0.0819. The lowest BCUT2D eigenvalue weighted by Crippen LogP contribution is -2.03. The van der Waals surface area contributed by atoms with Crippen molar-refractivity contribution < 1.29 is 14.3 Å². The minimum atomic E-state index is -0.658. The molecule has 0 aromatic heterocycles. The third-order valence-corrected chi connectivity index (χ3v) is 2.43. The Balaban J connectivity index is 2.71. The molecule has 0 radical (unpaired) electrons. The molecule has 0 saturated carbocycles. The van der Waals surface area contributed by atoms with Gasteiger partial charge in [-0.15, -0.1) is 0 Å². The third-order valence-electron chi connectivity index (χ3n) is 2.43. The minimum Gasteiger partial charge on any atom is -0.438 e. The van der Waals surface area contributed by atoms with Gasteiger partial charge in [0.05, 0.1) is 7.11 Å². The topological polar surface area (TPSA) is 35.5 Å². The first-order valence-corrected chi connectivity index (χ1v) is 5.49. The minimum absolute atomic E-state index is 0.228. The maximum Gasteiger partial charge on any atom is 0.508 e. The van der Waals surface area contributed by atoms with Crippen LogP contribution in [-0.2, 0) is 9.47 Å². The van der Waals surface area contributed by atoms with Gasteiger partial charge in [0.15, 0.2) is 0 Å². The molecule has 0 amide bonds. The molecule has 0 aliphatic heterocycles. The summed E-state index contributed by atoms with van der Waals surface area (Å²) in [5.74, 6) is 0. The zero-order valence-electron chi connectivity index (χ0n) is 10.7. The molecule has 0 unspecified atom stereocenters. The van der Waals surface area contributed by atoms with E-state index in [1.165, 1.54) is 18.2 Å². The molecule has 0 N–H and O–H groups in total. The van der Waals surface area contributed by atoms with E-state index in [1.807, 2.05) is 13.0 Å². The molecule has 0 saturated heterocycles. The summed E-state index contributed by atoms with van der Waals surface area (Å²) in [5.41, 5.74) is 4.68. The zero-order valence-corrected chi connectivity index (χ0v) is 10.7. The van der Waals surface area contributed by atoms with E-state index >= 15 is 0 Å². The maximum atomic E-state index is 10.8. The van der Waals surface area contributed by atoms with Crippen LogP contribution >= 0.6 is 0 Å². The normalized spacial score (nSPS) is 11.2. The predicted octanol–water partition coefficient (Wildman–Crippen LogP) is 3.49.